The molecular formula is C16H20NO2PS. The Morgan fingerprint density at radius 3 is 2.43 bits per heavy atom. The summed E-state index contributed by atoms with van der Waals surface area (Å²) in [4.78, 5) is 10.4. The van der Waals surface area contributed by atoms with Gasteiger partial charge < -0.3 is 14.5 Å². The van der Waals surface area contributed by atoms with Gasteiger partial charge in [0.1, 0.15) is 5.75 Å². The first-order chi connectivity index (χ1) is 9.87. The van der Waals surface area contributed by atoms with Gasteiger partial charge in [-0.05, 0) is 54.0 Å². The van der Waals surface area contributed by atoms with Crippen LogP contribution in [0.5, 0.6) is 5.75 Å². The largest absolute Gasteiger partial charge is 0.429 e. The highest BCUT2D eigenvalue weighted by Crippen LogP contribution is 2.45. The third kappa shape index (κ3) is 4.57. The van der Waals surface area contributed by atoms with Gasteiger partial charge in [0.25, 0.3) is 0 Å². The zero-order chi connectivity index (χ0) is 15.5. The van der Waals surface area contributed by atoms with E-state index in [0.29, 0.717) is 11.7 Å². The molecule has 0 radical (unpaired) electrons. The van der Waals surface area contributed by atoms with E-state index in [1.807, 2.05) is 55.5 Å². The van der Waals surface area contributed by atoms with Crippen LogP contribution in [0.25, 0.3) is 0 Å². The first-order valence-corrected chi connectivity index (χ1v) is 9.51. The molecule has 0 aliphatic rings. The molecule has 0 amide bonds. The first kappa shape index (κ1) is 16.0. The van der Waals surface area contributed by atoms with Crippen molar-refractivity contribution in [1.82, 2.24) is 0 Å². The van der Waals surface area contributed by atoms with Gasteiger partial charge >= 0.3 is 6.64 Å². The minimum absolute atomic E-state index is 0.298. The lowest BCUT2D eigenvalue weighted by atomic mass is 10.0. The summed E-state index contributed by atoms with van der Waals surface area (Å²) in [6.45, 7) is 3.02. The Bertz CT molecular complexity index is 659. The van der Waals surface area contributed by atoms with Crippen LogP contribution < -0.4 is 9.61 Å². The standard InChI is InChI=1S/C16H20NO2PS/c1-12(2)15-10-9-13(3)11-16(15)19-20(18,21)17-14-7-5-4-6-8-14/h4-12H,1-3H3,(H2,17,18,21). The molecule has 3 nitrogen and oxygen atoms in total. The van der Waals surface area contributed by atoms with Gasteiger partial charge in [0.15, 0.2) is 0 Å². The number of rotatable bonds is 5. The molecule has 0 saturated carbocycles. The predicted molar refractivity (Wildman–Crippen MR) is 92.5 cm³/mol. The Hall–Kier alpha value is -1.35. The van der Waals surface area contributed by atoms with Gasteiger partial charge in [-0.25, -0.2) is 0 Å². The number of hydrogen-bond acceptors (Lipinski definition) is 2. The Labute approximate surface area is 131 Å². The molecular weight excluding hydrogens is 301 g/mol. The van der Waals surface area contributed by atoms with Crippen LogP contribution in [0.4, 0.5) is 5.69 Å². The number of benzene rings is 2. The Balaban J connectivity index is 2.24. The summed E-state index contributed by atoms with van der Waals surface area (Å²) in [5, 5.41) is 2.91. The number of hydrogen-bond donors (Lipinski definition) is 2. The van der Waals surface area contributed by atoms with Crippen LogP contribution in [-0.4, -0.2) is 4.89 Å². The van der Waals surface area contributed by atoms with Crippen LogP contribution in [0.2, 0.25) is 0 Å². The molecule has 0 aliphatic heterocycles. The average molecular weight is 321 g/mol. The second-order valence-electron chi connectivity index (χ2n) is 5.29. The van der Waals surface area contributed by atoms with Gasteiger partial charge in [0.2, 0.25) is 0 Å². The third-order valence-corrected chi connectivity index (χ3v) is 4.54. The summed E-state index contributed by atoms with van der Waals surface area (Å²) in [5.41, 5.74) is 2.87. The Kier molecular flexibility index (Phi) is 5.04. The molecule has 5 heteroatoms. The molecule has 0 aromatic heterocycles. The molecule has 1 atom stereocenters. The second kappa shape index (κ2) is 6.61. The SMILES string of the molecule is Cc1ccc(C(C)C)c(OP(O)(=S)Nc2ccccc2)c1. The maximum Gasteiger partial charge on any atom is 0.336 e. The average Bonchev–Trinajstić information content (AvgIpc) is 2.38. The molecule has 1 unspecified atom stereocenters. The van der Waals surface area contributed by atoms with Crippen molar-refractivity contribution in [3.05, 3.63) is 59.7 Å². The maximum absolute atomic E-state index is 10.4. The Morgan fingerprint density at radius 1 is 1.14 bits per heavy atom. The van der Waals surface area contributed by atoms with Crippen molar-refractivity contribution in [2.24, 2.45) is 0 Å². The first-order valence-electron chi connectivity index (χ1n) is 6.83. The fraction of sp³-hybridized carbons (Fsp3) is 0.250. The summed E-state index contributed by atoms with van der Waals surface area (Å²) in [6, 6.07) is 15.3. The van der Waals surface area contributed by atoms with Crippen molar-refractivity contribution in [2.75, 3.05) is 5.09 Å². The smallest absolute Gasteiger partial charge is 0.336 e. The van der Waals surface area contributed by atoms with E-state index < -0.39 is 6.64 Å². The highest BCUT2D eigenvalue weighted by Gasteiger charge is 2.19. The minimum Gasteiger partial charge on any atom is -0.429 e. The van der Waals surface area contributed by atoms with Crippen LogP contribution in [0.3, 0.4) is 0 Å². The molecule has 21 heavy (non-hydrogen) atoms. The Morgan fingerprint density at radius 2 is 1.81 bits per heavy atom. The monoisotopic (exact) mass is 321 g/mol. The molecule has 0 saturated heterocycles. The lowest BCUT2D eigenvalue weighted by Gasteiger charge is -2.22. The van der Waals surface area contributed by atoms with Gasteiger partial charge in [-0.3, -0.25) is 0 Å². The van der Waals surface area contributed by atoms with Gasteiger partial charge in [-0.2, -0.15) is 0 Å². The van der Waals surface area contributed by atoms with Crippen molar-refractivity contribution < 1.29 is 9.42 Å². The lowest BCUT2D eigenvalue weighted by Crippen LogP contribution is -2.04. The van der Waals surface area contributed by atoms with Crippen LogP contribution in [0.15, 0.2) is 48.5 Å². The fourth-order valence-corrected chi connectivity index (χ4v) is 3.53. The maximum atomic E-state index is 10.4. The van der Waals surface area contributed by atoms with Crippen LogP contribution in [-0.2, 0) is 11.8 Å². The lowest BCUT2D eigenvalue weighted by molar-refractivity contribution is 0.484. The van der Waals surface area contributed by atoms with Crippen LogP contribution in [0, 0.1) is 6.92 Å². The molecule has 0 fully saturated rings. The van der Waals surface area contributed by atoms with E-state index in [4.69, 9.17) is 16.3 Å². The minimum atomic E-state index is -3.14. The number of para-hydroxylation sites is 1. The molecule has 2 aromatic rings. The zero-order valence-electron chi connectivity index (χ0n) is 12.4. The second-order valence-corrected chi connectivity index (χ2v) is 8.22. The summed E-state index contributed by atoms with van der Waals surface area (Å²) in [6.07, 6.45) is 0. The van der Waals surface area contributed by atoms with E-state index in [1.54, 1.807) is 0 Å². The highest BCUT2D eigenvalue weighted by molar-refractivity contribution is 8.10. The third-order valence-electron chi connectivity index (χ3n) is 3.06. The fourth-order valence-electron chi connectivity index (χ4n) is 2.03. The normalized spacial score (nSPS) is 13.8. The molecule has 2 aromatic carbocycles. The summed E-state index contributed by atoms with van der Waals surface area (Å²) in [7, 11) is 0. The van der Waals surface area contributed by atoms with Gasteiger partial charge in [0, 0.05) is 5.69 Å². The number of aryl methyl sites for hydroxylation is 1. The number of anilines is 1. The molecule has 0 bridgehead atoms. The van der Waals surface area contributed by atoms with E-state index in [1.165, 1.54) is 0 Å². The summed E-state index contributed by atoms with van der Waals surface area (Å²) < 4.78 is 5.75. The van der Waals surface area contributed by atoms with E-state index in [2.05, 4.69) is 18.9 Å². The van der Waals surface area contributed by atoms with Crippen molar-refractivity contribution in [3.8, 4) is 5.75 Å². The van der Waals surface area contributed by atoms with E-state index in [-0.39, 0.29) is 0 Å². The summed E-state index contributed by atoms with van der Waals surface area (Å²) >= 11 is 5.23. The zero-order valence-corrected chi connectivity index (χ0v) is 14.1. The van der Waals surface area contributed by atoms with Crippen molar-refractivity contribution in [2.45, 2.75) is 26.7 Å². The molecule has 112 valence electrons. The van der Waals surface area contributed by atoms with Crippen molar-refractivity contribution >= 4 is 24.1 Å². The van der Waals surface area contributed by atoms with Gasteiger partial charge in [0.05, 0.1) is 0 Å². The van der Waals surface area contributed by atoms with Crippen LogP contribution in [0.1, 0.15) is 30.9 Å². The van der Waals surface area contributed by atoms with Crippen molar-refractivity contribution in [3.63, 3.8) is 0 Å². The molecule has 2 rings (SSSR count). The summed E-state index contributed by atoms with van der Waals surface area (Å²) in [5.74, 6) is 0.951. The van der Waals surface area contributed by atoms with Gasteiger partial charge in [-0.1, -0.05) is 44.2 Å². The highest BCUT2D eigenvalue weighted by atomic mass is 32.5. The van der Waals surface area contributed by atoms with Gasteiger partial charge in [-0.15, -0.1) is 0 Å². The van der Waals surface area contributed by atoms with Crippen LogP contribution >= 0.6 is 6.64 Å². The topological polar surface area (TPSA) is 41.5 Å². The van der Waals surface area contributed by atoms with E-state index in [0.717, 1.165) is 16.8 Å². The molecule has 2 N–H and O–H groups in total. The quantitative estimate of drug-likeness (QED) is 0.774. The molecule has 0 spiro atoms. The van der Waals surface area contributed by atoms with Crippen molar-refractivity contribution in [1.29, 1.82) is 0 Å². The molecule has 0 aliphatic carbocycles. The number of nitrogens with one attached hydrogen (secondary N) is 1. The predicted octanol–water partition coefficient (Wildman–Crippen LogP) is 4.83. The van der Waals surface area contributed by atoms with E-state index >= 15 is 0 Å². The molecule has 0 heterocycles. The van der Waals surface area contributed by atoms with E-state index in [9.17, 15) is 4.89 Å².